The van der Waals surface area contributed by atoms with E-state index in [0.717, 1.165) is 16.7 Å². The Kier molecular flexibility index (Phi) is 9.40. The zero-order chi connectivity index (χ0) is 32.2. The Balaban J connectivity index is 1.48. The van der Waals surface area contributed by atoms with Crippen LogP contribution in [0.4, 0.5) is 0 Å². The van der Waals surface area contributed by atoms with Crippen molar-refractivity contribution in [3.05, 3.63) is 155 Å². The number of esters is 1. The van der Waals surface area contributed by atoms with Gasteiger partial charge in [-0.05, 0) is 54.0 Å². The lowest BCUT2D eigenvalue weighted by molar-refractivity contribution is -0.138. The molecule has 0 spiro atoms. The van der Waals surface area contributed by atoms with Gasteiger partial charge in [0.1, 0.15) is 6.61 Å². The standard InChI is InChI=1S/C36H28Cl2N2O5S/c1-3-44-35(42)30-31(24-10-6-4-7-11-24)39-36-40(32(30)25-12-8-5-9-13-25)34(41)29(46-36)20-23-18-27(38)33(28(19-23)43-2)45-21-22-14-16-26(37)17-15-22/h4-20,32H,3,21H2,1-2H3/b29-20-/t32-/m0/s1. The Morgan fingerprint density at radius 2 is 1.67 bits per heavy atom. The Bertz CT molecular complexity index is 2110. The molecule has 0 aliphatic carbocycles. The maximum absolute atomic E-state index is 14.2. The number of ether oxygens (including phenoxy) is 3. The highest BCUT2D eigenvalue weighted by Gasteiger charge is 2.35. The fraction of sp³-hybridized carbons (Fsp3) is 0.139. The maximum atomic E-state index is 14.2. The normalized spacial score (nSPS) is 14.4. The van der Waals surface area contributed by atoms with Gasteiger partial charge in [0, 0.05) is 10.6 Å². The van der Waals surface area contributed by atoms with Crippen LogP contribution in [0.3, 0.4) is 0 Å². The zero-order valence-corrected chi connectivity index (χ0v) is 27.2. The topological polar surface area (TPSA) is 79.1 Å². The summed E-state index contributed by atoms with van der Waals surface area (Å²) in [5, 5.41) is 0.961. The summed E-state index contributed by atoms with van der Waals surface area (Å²) in [4.78, 5) is 33.1. The predicted octanol–water partition coefficient (Wildman–Crippen LogP) is 6.83. The molecule has 6 rings (SSSR count). The van der Waals surface area contributed by atoms with Crippen LogP contribution in [-0.4, -0.2) is 24.3 Å². The lowest BCUT2D eigenvalue weighted by Gasteiger charge is -2.25. The molecule has 0 N–H and O–H groups in total. The molecule has 0 bridgehead atoms. The molecule has 0 saturated carbocycles. The summed E-state index contributed by atoms with van der Waals surface area (Å²) in [7, 11) is 1.53. The molecule has 4 aromatic carbocycles. The van der Waals surface area contributed by atoms with Crippen molar-refractivity contribution in [1.29, 1.82) is 0 Å². The van der Waals surface area contributed by atoms with Gasteiger partial charge >= 0.3 is 5.97 Å². The minimum atomic E-state index is -0.754. The molecule has 10 heteroatoms. The van der Waals surface area contributed by atoms with Crippen molar-refractivity contribution in [1.82, 2.24) is 4.57 Å². The first-order valence-corrected chi connectivity index (χ1v) is 16.0. The van der Waals surface area contributed by atoms with E-state index in [-0.39, 0.29) is 18.8 Å². The molecule has 46 heavy (non-hydrogen) atoms. The van der Waals surface area contributed by atoms with Crippen LogP contribution in [-0.2, 0) is 16.1 Å². The van der Waals surface area contributed by atoms with E-state index in [9.17, 15) is 9.59 Å². The fourth-order valence-corrected chi connectivity index (χ4v) is 6.64. The molecule has 0 saturated heterocycles. The monoisotopic (exact) mass is 670 g/mol. The highest BCUT2D eigenvalue weighted by molar-refractivity contribution is 7.07. The molecule has 1 atom stereocenters. The molecular formula is C36H28Cl2N2O5S. The van der Waals surface area contributed by atoms with E-state index in [4.69, 9.17) is 42.4 Å². The average Bonchev–Trinajstić information content (AvgIpc) is 3.38. The lowest BCUT2D eigenvalue weighted by atomic mass is 9.93. The average molecular weight is 672 g/mol. The first-order chi connectivity index (χ1) is 22.4. The third kappa shape index (κ3) is 6.37. The van der Waals surface area contributed by atoms with Crippen molar-refractivity contribution in [2.75, 3.05) is 13.7 Å². The Morgan fingerprint density at radius 3 is 2.35 bits per heavy atom. The van der Waals surface area contributed by atoms with Gasteiger partial charge in [0.05, 0.1) is 40.6 Å². The van der Waals surface area contributed by atoms with Gasteiger partial charge in [-0.1, -0.05) is 107 Å². The molecule has 7 nitrogen and oxygen atoms in total. The molecule has 232 valence electrons. The Morgan fingerprint density at radius 1 is 0.978 bits per heavy atom. The van der Waals surface area contributed by atoms with Gasteiger partial charge in [0.2, 0.25) is 0 Å². The molecule has 0 unspecified atom stereocenters. The molecule has 1 aliphatic rings. The summed E-state index contributed by atoms with van der Waals surface area (Å²) in [5.41, 5.74) is 3.51. The van der Waals surface area contributed by atoms with Crippen molar-refractivity contribution < 1.29 is 19.0 Å². The number of hydrogen-bond acceptors (Lipinski definition) is 7. The number of benzene rings is 4. The summed E-state index contributed by atoms with van der Waals surface area (Å²) in [6.07, 6.45) is 1.74. The number of methoxy groups -OCH3 is 1. The first-order valence-electron chi connectivity index (χ1n) is 14.5. The molecule has 2 heterocycles. The second-order valence-corrected chi connectivity index (χ2v) is 12.1. The third-order valence-corrected chi connectivity index (χ3v) is 8.85. The number of aromatic nitrogens is 1. The van der Waals surface area contributed by atoms with E-state index in [1.807, 2.05) is 72.8 Å². The van der Waals surface area contributed by atoms with Crippen molar-refractivity contribution >= 4 is 52.3 Å². The third-order valence-electron chi connectivity index (χ3n) is 7.33. The first kappa shape index (κ1) is 31.4. The molecule has 5 aromatic rings. The van der Waals surface area contributed by atoms with Crippen LogP contribution in [0.15, 0.2) is 112 Å². The number of thiazole rings is 1. The number of rotatable bonds is 9. The van der Waals surface area contributed by atoms with Crippen LogP contribution in [0.25, 0.3) is 11.8 Å². The SMILES string of the molecule is CCOC(=O)C1=C(c2ccccc2)N=c2s/c(=C\c3cc(Cl)c(OCc4ccc(Cl)cc4)c(OC)c3)c(=O)n2[C@H]1c1ccccc1. The summed E-state index contributed by atoms with van der Waals surface area (Å²) in [6, 6.07) is 28.9. The number of hydrogen-bond donors (Lipinski definition) is 0. The van der Waals surface area contributed by atoms with E-state index in [1.165, 1.54) is 18.4 Å². The number of nitrogens with zero attached hydrogens (tertiary/aromatic N) is 2. The largest absolute Gasteiger partial charge is 0.493 e. The second-order valence-electron chi connectivity index (χ2n) is 10.3. The quantitative estimate of drug-likeness (QED) is 0.161. The van der Waals surface area contributed by atoms with Gasteiger partial charge in [-0.25, -0.2) is 9.79 Å². The zero-order valence-electron chi connectivity index (χ0n) is 24.9. The minimum Gasteiger partial charge on any atom is -0.493 e. The van der Waals surface area contributed by atoms with Gasteiger partial charge in [0.15, 0.2) is 16.3 Å². The minimum absolute atomic E-state index is 0.179. The van der Waals surface area contributed by atoms with Crippen molar-refractivity contribution in [2.45, 2.75) is 19.6 Å². The van der Waals surface area contributed by atoms with Crippen LogP contribution in [0.5, 0.6) is 11.5 Å². The molecular weight excluding hydrogens is 643 g/mol. The molecule has 0 fully saturated rings. The maximum Gasteiger partial charge on any atom is 0.338 e. The fourth-order valence-electron chi connectivity index (χ4n) is 5.24. The van der Waals surface area contributed by atoms with Crippen LogP contribution >= 0.6 is 34.5 Å². The van der Waals surface area contributed by atoms with Crippen molar-refractivity contribution in [3.8, 4) is 11.5 Å². The van der Waals surface area contributed by atoms with Gasteiger partial charge in [-0.2, -0.15) is 0 Å². The van der Waals surface area contributed by atoms with E-state index in [1.54, 1.807) is 41.8 Å². The van der Waals surface area contributed by atoms with E-state index < -0.39 is 12.0 Å². The number of fused-ring (bicyclic) bond motifs is 1. The summed E-state index contributed by atoms with van der Waals surface area (Å²) < 4.78 is 19.1. The molecule has 0 radical (unpaired) electrons. The van der Waals surface area contributed by atoms with Gasteiger partial charge < -0.3 is 14.2 Å². The number of halogens is 2. The second kappa shape index (κ2) is 13.8. The van der Waals surface area contributed by atoms with Crippen LogP contribution in [0.2, 0.25) is 10.0 Å². The van der Waals surface area contributed by atoms with Crippen molar-refractivity contribution in [2.24, 2.45) is 4.99 Å². The number of carbonyl (C=O) groups excluding carboxylic acids is 1. The predicted molar refractivity (Wildman–Crippen MR) is 181 cm³/mol. The van der Waals surface area contributed by atoms with E-state index in [2.05, 4.69) is 0 Å². The van der Waals surface area contributed by atoms with Gasteiger partial charge in [0.25, 0.3) is 5.56 Å². The Hall–Kier alpha value is -4.63. The Labute approximate surface area is 279 Å². The van der Waals surface area contributed by atoms with Crippen LogP contribution in [0, 0.1) is 0 Å². The lowest BCUT2D eigenvalue weighted by Crippen LogP contribution is -2.39. The van der Waals surface area contributed by atoms with Gasteiger partial charge in [-0.15, -0.1) is 0 Å². The number of carbonyl (C=O) groups is 1. The van der Waals surface area contributed by atoms with Crippen molar-refractivity contribution in [3.63, 3.8) is 0 Å². The summed E-state index contributed by atoms with van der Waals surface area (Å²) >= 11 is 13.9. The smallest absolute Gasteiger partial charge is 0.338 e. The van der Waals surface area contributed by atoms with Gasteiger partial charge in [-0.3, -0.25) is 9.36 Å². The molecule has 1 aromatic heterocycles. The molecule has 1 aliphatic heterocycles. The summed E-state index contributed by atoms with van der Waals surface area (Å²) in [6.45, 7) is 2.19. The highest BCUT2D eigenvalue weighted by Crippen LogP contribution is 2.38. The van der Waals surface area contributed by atoms with Crippen LogP contribution < -0.4 is 24.4 Å². The van der Waals surface area contributed by atoms with E-state index in [0.29, 0.717) is 47.7 Å². The van der Waals surface area contributed by atoms with E-state index >= 15 is 0 Å². The molecule has 0 amide bonds. The van der Waals surface area contributed by atoms with Crippen LogP contribution in [0.1, 0.15) is 35.2 Å². The highest BCUT2D eigenvalue weighted by atomic mass is 35.5. The summed E-state index contributed by atoms with van der Waals surface area (Å²) in [5.74, 6) is 0.269.